The van der Waals surface area contributed by atoms with Crippen LogP contribution in [0.15, 0.2) is 40.9 Å². The molecule has 0 aliphatic rings. The fraction of sp³-hybridized carbons (Fsp3) is 0.250. The van der Waals surface area contributed by atoms with Crippen LogP contribution in [-0.4, -0.2) is 5.11 Å². The van der Waals surface area contributed by atoms with E-state index in [2.05, 4.69) is 15.9 Å². The molecule has 0 aromatic heterocycles. The number of halogens is 2. The van der Waals surface area contributed by atoms with Gasteiger partial charge in [-0.2, -0.15) is 0 Å². The summed E-state index contributed by atoms with van der Waals surface area (Å²) in [5, 5.41) is 10.3. The van der Waals surface area contributed by atoms with Crippen LogP contribution in [0.5, 0.6) is 0 Å². The standard InChI is InChI=1S/C16H16BrFO/c1-10-4-3-5-11(2)13(10)9-16(19)12-6-7-15(18)14(17)8-12/h3-8,16,19H,9H2,1-2H3. The molecule has 0 saturated carbocycles. The summed E-state index contributed by atoms with van der Waals surface area (Å²) < 4.78 is 13.6. The Kier molecular flexibility index (Phi) is 4.38. The zero-order valence-corrected chi connectivity index (χ0v) is 12.5. The molecule has 0 aliphatic heterocycles. The third-order valence-corrected chi connectivity index (χ3v) is 3.98. The fourth-order valence-corrected chi connectivity index (χ4v) is 2.60. The zero-order valence-electron chi connectivity index (χ0n) is 11.0. The maximum Gasteiger partial charge on any atom is 0.137 e. The molecule has 0 amide bonds. The summed E-state index contributed by atoms with van der Waals surface area (Å²) in [5.41, 5.74) is 4.20. The van der Waals surface area contributed by atoms with E-state index in [0.29, 0.717) is 10.9 Å². The van der Waals surface area contributed by atoms with Gasteiger partial charge >= 0.3 is 0 Å². The molecule has 1 unspecified atom stereocenters. The molecule has 0 fully saturated rings. The molecule has 3 heteroatoms. The number of aliphatic hydroxyl groups is 1. The van der Waals surface area contributed by atoms with Gasteiger partial charge in [0.1, 0.15) is 5.82 Å². The van der Waals surface area contributed by atoms with Gasteiger partial charge in [-0.1, -0.05) is 24.3 Å². The smallest absolute Gasteiger partial charge is 0.137 e. The first kappa shape index (κ1) is 14.2. The minimum Gasteiger partial charge on any atom is -0.388 e. The minimum atomic E-state index is -0.628. The Hall–Kier alpha value is -1.19. The summed E-state index contributed by atoms with van der Waals surface area (Å²) in [6, 6.07) is 10.7. The summed E-state index contributed by atoms with van der Waals surface area (Å²) in [7, 11) is 0. The van der Waals surface area contributed by atoms with Crippen LogP contribution >= 0.6 is 15.9 Å². The summed E-state index contributed by atoms with van der Waals surface area (Å²) >= 11 is 3.14. The van der Waals surface area contributed by atoms with Crippen LogP contribution in [-0.2, 0) is 6.42 Å². The van der Waals surface area contributed by atoms with Gasteiger partial charge in [-0.25, -0.2) is 4.39 Å². The van der Waals surface area contributed by atoms with Crippen molar-refractivity contribution < 1.29 is 9.50 Å². The van der Waals surface area contributed by atoms with Gasteiger partial charge in [-0.15, -0.1) is 0 Å². The van der Waals surface area contributed by atoms with Gasteiger partial charge in [-0.05, 0) is 64.2 Å². The minimum absolute atomic E-state index is 0.317. The number of benzene rings is 2. The third-order valence-electron chi connectivity index (χ3n) is 3.37. The second-order valence-electron chi connectivity index (χ2n) is 4.76. The number of aliphatic hydroxyl groups excluding tert-OH is 1. The maximum absolute atomic E-state index is 13.2. The first-order chi connectivity index (χ1) is 8.99. The van der Waals surface area contributed by atoms with E-state index in [-0.39, 0.29) is 5.82 Å². The van der Waals surface area contributed by atoms with Crippen molar-refractivity contribution in [3.05, 3.63) is 68.9 Å². The maximum atomic E-state index is 13.2. The van der Waals surface area contributed by atoms with Crippen LogP contribution in [0.2, 0.25) is 0 Å². The summed E-state index contributed by atoms with van der Waals surface area (Å²) in [5.74, 6) is -0.317. The van der Waals surface area contributed by atoms with Crippen molar-refractivity contribution in [1.82, 2.24) is 0 Å². The molecule has 0 spiro atoms. The normalized spacial score (nSPS) is 12.5. The van der Waals surface area contributed by atoms with E-state index in [1.807, 2.05) is 32.0 Å². The number of hydrogen-bond donors (Lipinski definition) is 1. The lowest BCUT2D eigenvalue weighted by Gasteiger charge is -2.15. The van der Waals surface area contributed by atoms with E-state index in [4.69, 9.17) is 0 Å². The molecule has 0 bridgehead atoms. The van der Waals surface area contributed by atoms with Crippen molar-refractivity contribution >= 4 is 15.9 Å². The Morgan fingerprint density at radius 2 is 1.79 bits per heavy atom. The Morgan fingerprint density at radius 3 is 2.37 bits per heavy atom. The topological polar surface area (TPSA) is 20.2 Å². The molecule has 1 N–H and O–H groups in total. The lowest BCUT2D eigenvalue weighted by molar-refractivity contribution is 0.178. The van der Waals surface area contributed by atoms with Crippen LogP contribution in [0.1, 0.15) is 28.4 Å². The quantitative estimate of drug-likeness (QED) is 0.883. The predicted molar refractivity (Wildman–Crippen MR) is 78.7 cm³/mol. The first-order valence-electron chi connectivity index (χ1n) is 6.17. The van der Waals surface area contributed by atoms with E-state index in [0.717, 1.165) is 11.1 Å². The molecule has 19 heavy (non-hydrogen) atoms. The van der Waals surface area contributed by atoms with Crippen molar-refractivity contribution in [2.24, 2.45) is 0 Å². The summed E-state index contributed by atoms with van der Waals surface area (Å²) in [6.45, 7) is 4.07. The van der Waals surface area contributed by atoms with E-state index >= 15 is 0 Å². The fourth-order valence-electron chi connectivity index (χ4n) is 2.20. The average molecular weight is 323 g/mol. The zero-order chi connectivity index (χ0) is 14.0. The monoisotopic (exact) mass is 322 g/mol. The van der Waals surface area contributed by atoms with Gasteiger partial charge < -0.3 is 5.11 Å². The molecule has 0 heterocycles. The van der Waals surface area contributed by atoms with E-state index in [1.165, 1.54) is 17.2 Å². The second-order valence-corrected chi connectivity index (χ2v) is 5.62. The van der Waals surface area contributed by atoms with Crippen LogP contribution in [0.3, 0.4) is 0 Å². The highest BCUT2D eigenvalue weighted by molar-refractivity contribution is 9.10. The van der Waals surface area contributed by atoms with E-state index < -0.39 is 6.10 Å². The lowest BCUT2D eigenvalue weighted by atomic mass is 9.94. The molecule has 0 aliphatic carbocycles. The van der Waals surface area contributed by atoms with Crippen molar-refractivity contribution in [3.8, 4) is 0 Å². The van der Waals surface area contributed by atoms with Crippen LogP contribution in [0, 0.1) is 19.7 Å². The van der Waals surface area contributed by atoms with Crippen molar-refractivity contribution in [2.45, 2.75) is 26.4 Å². The Balaban J connectivity index is 2.25. The van der Waals surface area contributed by atoms with Crippen molar-refractivity contribution in [1.29, 1.82) is 0 Å². The van der Waals surface area contributed by atoms with Gasteiger partial charge in [-0.3, -0.25) is 0 Å². The van der Waals surface area contributed by atoms with Gasteiger partial charge in [0.25, 0.3) is 0 Å². The van der Waals surface area contributed by atoms with E-state index in [9.17, 15) is 9.50 Å². The van der Waals surface area contributed by atoms with Gasteiger partial charge in [0.15, 0.2) is 0 Å². The van der Waals surface area contributed by atoms with Gasteiger partial charge in [0, 0.05) is 6.42 Å². The lowest BCUT2D eigenvalue weighted by Crippen LogP contribution is -2.05. The van der Waals surface area contributed by atoms with Crippen LogP contribution in [0.25, 0.3) is 0 Å². The first-order valence-corrected chi connectivity index (χ1v) is 6.96. The SMILES string of the molecule is Cc1cccc(C)c1CC(O)c1ccc(F)c(Br)c1. The molecule has 2 aromatic rings. The molecule has 2 rings (SSSR count). The molecule has 0 radical (unpaired) electrons. The van der Waals surface area contributed by atoms with Gasteiger partial charge in [0.05, 0.1) is 10.6 Å². The average Bonchev–Trinajstić information content (AvgIpc) is 2.37. The van der Waals surface area contributed by atoms with Crippen molar-refractivity contribution in [3.63, 3.8) is 0 Å². The van der Waals surface area contributed by atoms with Crippen molar-refractivity contribution in [2.75, 3.05) is 0 Å². The molecule has 100 valence electrons. The highest BCUT2D eigenvalue weighted by Gasteiger charge is 2.13. The second kappa shape index (κ2) is 5.85. The van der Waals surface area contributed by atoms with Crippen LogP contribution in [0.4, 0.5) is 4.39 Å². The third kappa shape index (κ3) is 3.23. The largest absolute Gasteiger partial charge is 0.388 e. The molecule has 0 saturated heterocycles. The number of rotatable bonds is 3. The summed E-state index contributed by atoms with van der Waals surface area (Å²) in [6.07, 6.45) is -0.0898. The summed E-state index contributed by atoms with van der Waals surface area (Å²) in [4.78, 5) is 0. The number of hydrogen-bond acceptors (Lipinski definition) is 1. The van der Waals surface area contributed by atoms with E-state index in [1.54, 1.807) is 12.1 Å². The molecule has 2 aromatic carbocycles. The molecule has 1 atom stereocenters. The van der Waals surface area contributed by atoms with Crippen LogP contribution < -0.4 is 0 Å². The van der Waals surface area contributed by atoms with Gasteiger partial charge in [0.2, 0.25) is 0 Å². The number of aryl methyl sites for hydroxylation is 2. The highest BCUT2D eigenvalue weighted by Crippen LogP contribution is 2.26. The highest BCUT2D eigenvalue weighted by atomic mass is 79.9. The molecular formula is C16H16BrFO. The Labute approximate surface area is 121 Å². The Bertz CT molecular complexity index is 575. The molecule has 1 nitrogen and oxygen atoms in total. The predicted octanol–water partition coefficient (Wildman–Crippen LogP) is 4.48. The Morgan fingerprint density at radius 1 is 1.16 bits per heavy atom. The molecular weight excluding hydrogens is 307 g/mol.